The maximum absolute atomic E-state index is 12.2. The van der Waals surface area contributed by atoms with Gasteiger partial charge in [0.2, 0.25) is 0 Å². The highest BCUT2D eigenvalue weighted by atomic mass is 35.5. The van der Waals surface area contributed by atoms with Crippen molar-refractivity contribution in [1.29, 1.82) is 0 Å². The molecule has 1 aromatic heterocycles. The van der Waals surface area contributed by atoms with Gasteiger partial charge >= 0.3 is 5.97 Å². The van der Waals surface area contributed by atoms with Crippen LogP contribution < -0.4 is 10.1 Å². The van der Waals surface area contributed by atoms with Crippen LogP contribution in [0, 0.1) is 0 Å². The van der Waals surface area contributed by atoms with Crippen LogP contribution in [0.5, 0.6) is 5.75 Å². The first kappa shape index (κ1) is 17.3. The Morgan fingerprint density at radius 2 is 1.84 bits per heavy atom. The largest absolute Gasteiger partial charge is 0.484 e. The van der Waals surface area contributed by atoms with E-state index in [9.17, 15) is 9.59 Å². The number of anilines is 1. The first-order valence-corrected chi connectivity index (χ1v) is 8.56. The van der Waals surface area contributed by atoms with Crippen molar-refractivity contribution in [1.82, 2.24) is 0 Å². The van der Waals surface area contributed by atoms with Gasteiger partial charge < -0.3 is 14.8 Å². The number of rotatable bonds is 5. The molecule has 3 rings (SSSR count). The molecule has 25 heavy (non-hydrogen) atoms. The minimum atomic E-state index is -0.494. The van der Waals surface area contributed by atoms with Gasteiger partial charge in [0.05, 0.1) is 7.11 Å². The van der Waals surface area contributed by atoms with E-state index in [-0.39, 0.29) is 12.5 Å². The van der Waals surface area contributed by atoms with Crippen LogP contribution in [0.3, 0.4) is 0 Å². The summed E-state index contributed by atoms with van der Waals surface area (Å²) in [6.45, 7) is -0.184. The van der Waals surface area contributed by atoms with Gasteiger partial charge in [-0.3, -0.25) is 4.79 Å². The molecule has 0 bridgehead atoms. The zero-order chi connectivity index (χ0) is 17.8. The number of carbonyl (C=O) groups is 2. The number of amides is 1. The van der Waals surface area contributed by atoms with Crippen LogP contribution in [0.25, 0.3) is 10.1 Å². The molecule has 0 fully saturated rings. The highest BCUT2D eigenvalue weighted by molar-refractivity contribution is 7.23. The molecule has 1 heterocycles. The minimum Gasteiger partial charge on any atom is -0.484 e. The Morgan fingerprint density at radius 1 is 1.12 bits per heavy atom. The SMILES string of the molecule is COC(=O)c1c(NC(=O)COc2ccc(Cl)cc2)sc2ccccc12. The molecule has 3 aromatic rings. The summed E-state index contributed by atoms with van der Waals surface area (Å²) in [5.74, 6) is -0.331. The van der Waals surface area contributed by atoms with E-state index >= 15 is 0 Å². The van der Waals surface area contributed by atoms with Crippen molar-refractivity contribution in [2.75, 3.05) is 19.0 Å². The number of hydrogen-bond donors (Lipinski definition) is 1. The first-order chi connectivity index (χ1) is 12.1. The number of fused-ring (bicyclic) bond motifs is 1. The van der Waals surface area contributed by atoms with E-state index in [4.69, 9.17) is 21.1 Å². The number of halogens is 1. The predicted octanol–water partition coefficient (Wildman–Crippen LogP) is 4.36. The highest BCUT2D eigenvalue weighted by Crippen LogP contribution is 2.36. The molecule has 0 aliphatic carbocycles. The molecule has 0 atom stereocenters. The molecule has 0 spiro atoms. The van der Waals surface area contributed by atoms with Crippen molar-refractivity contribution >= 4 is 49.9 Å². The Balaban J connectivity index is 1.76. The van der Waals surface area contributed by atoms with Gasteiger partial charge in [-0.2, -0.15) is 0 Å². The topological polar surface area (TPSA) is 64.6 Å². The third kappa shape index (κ3) is 3.92. The molecular formula is C18H14ClNO4S. The van der Waals surface area contributed by atoms with Crippen LogP contribution in [0.2, 0.25) is 5.02 Å². The van der Waals surface area contributed by atoms with E-state index in [1.54, 1.807) is 24.3 Å². The summed E-state index contributed by atoms with van der Waals surface area (Å²) < 4.78 is 11.1. The molecule has 2 aromatic carbocycles. The fourth-order valence-electron chi connectivity index (χ4n) is 2.28. The number of thiophene rings is 1. The summed E-state index contributed by atoms with van der Waals surface area (Å²) in [6.07, 6.45) is 0. The monoisotopic (exact) mass is 375 g/mol. The third-order valence-corrected chi connectivity index (χ3v) is 4.76. The molecule has 0 aliphatic rings. The lowest BCUT2D eigenvalue weighted by Gasteiger charge is -2.07. The summed E-state index contributed by atoms with van der Waals surface area (Å²) in [6, 6.07) is 14.1. The van der Waals surface area contributed by atoms with Crippen LogP contribution in [0.1, 0.15) is 10.4 Å². The predicted molar refractivity (Wildman–Crippen MR) is 98.7 cm³/mol. The lowest BCUT2D eigenvalue weighted by molar-refractivity contribution is -0.118. The normalized spacial score (nSPS) is 10.5. The van der Waals surface area contributed by atoms with Crippen molar-refractivity contribution in [3.05, 3.63) is 59.1 Å². The molecule has 128 valence electrons. The summed E-state index contributed by atoms with van der Waals surface area (Å²) in [5, 5.41) is 4.50. The Hall–Kier alpha value is -2.57. The molecule has 5 nitrogen and oxygen atoms in total. The Labute approximate surface area is 153 Å². The molecule has 7 heteroatoms. The first-order valence-electron chi connectivity index (χ1n) is 7.36. The molecular weight excluding hydrogens is 362 g/mol. The van der Waals surface area contributed by atoms with Gasteiger partial charge in [0, 0.05) is 15.1 Å². The van der Waals surface area contributed by atoms with Crippen LogP contribution in [-0.4, -0.2) is 25.6 Å². The molecule has 0 saturated heterocycles. The minimum absolute atomic E-state index is 0.184. The van der Waals surface area contributed by atoms with E-state index in [1.165, 1.54) is 18.4 Å². The van der Waals surface area contributed by atoms with Gasteiger partial charge in [-0.15, -0.1) is 11.3 Å². The van der Waals surface area contributed by atoms with Crippen LogP contribution in [-0.2, 0) is 9.53 Å². The Kier molecular flexibility index (Phi) is 5.21. The maximum Gasteiger partial charge on any atom is 0.341 e. The van der Waals surface area contributed by atoms with E-state index in [0.717, 1.165) is 10.1 Å². The third-order valence-electron chi connectivity index (χ3n) is 3.42. The number of hydrogen-bond acceptors (Lipinski definition) is 5. The average molecular weight is 376 g/mol. The van der Waals surface area contributed by atoms with Crippen LogP contribution >= 0.6 is 22.9 Å². The molecule has 0 radical (unpaired) electrons. The lowest BCUT2D eigenvalue weighted by Crippen LogP contribution is -2.20. The van der Waals surface area contributed by atoms with E-state index in [0.29, 0.717) is 21.3 Å². The number of methoxy groups -OCH3 is 1. The molecule has 0 unspecified atom stereocenters. The van der Waals surface area contributed by atoms with Crippen molar-refractivity contribution < 1.29 is 19.1 Å². The fraction of sp³-hybridized carbons (Fsp3) is 0.111. The highest BCUT2D eigenvalue weighted by Gasteiger charge is 2.21. The summed E-state index contributed by atoms with van der Waals surface area (Å²) in [5.41, 5.74) is 0.350. The Morgan fingerprint density at radius 3 is 2.56 bits per heavy atom. The van der Waals surface area contributed by atoms with Gasteiger partial charge in [0.15, 0.2) is 6.61 Å². The quantitative estimate of drug-likeness (QED) is 0.673. The second-order valence-electron chi connectivity index (χ2n) is 5.08. The van der Waals surface area contributed by atoms with Crippen molar-refractivity contribution in [2.24, 2.45) is 0 Å². The van der Waals surface area contributed by atoms with Crippen LogP contribution in [0.15, 0.2) is 48.5 Å². The summed E-state index contributed by atoms with van der Waals surface area (Å²) >= 11 is 7.12. The van der Waals surface area contributed by atoms with E-state index in [2.05, 4.69) is 5.32 Å². The van der Waals surface area contributed by atoms with Gasteiger partial charge in [0.25, 0.3) is 5.91 Å². The van der Waals surface area contributed by atoms with Gasteiger partial charge in [-0.25, -0.2) is 4.79 Å². The second-order valence-corrected chi connectivity index (χ2v) is 6.57. The molecule has 0 aliphatic heterocycles. The van der Waals surface area contributed by atoms with Gasteiger partial charge in [-0.1, -0.05) is 29.8 Å². The number of ether oxygens (including phenoxy) is 2. The molecule has 1 amide bonds. The zero-order valence-electron chi connectivity index (χ0n) is 13.2. The van der Waals surface area contributed by atoms with Crippen molar-refractivity contribution in [3.8, 4) is 5.75 Å². The Bertz CT molecular complexity index is 920. The van der Waals surface area contributed by atoms with Gasteiger partial charge in [0.1, 0.15) is 16.3 Å². The standard InChI is InChI=1S/C18H14ClNO4S/c1-23-18(22)16-13-4-2-3-5-14(13)25-17(16)20-15(21)10-24-12-8-6-11(19)7-9-12/h2-9H,10H2,1H3,(H,20,21). The summed E-state index contributed by atoms with van der Waals surface area (Å²) in [7, 11) is 1.31. The molecule has 1 N–H and O–H groups in total. The number of carbonyl (C=O) groups excluding carboxylic acids is 2. The second kappa shape index (κ2) is 7.55. The van der Waals surface area contributed by atoms with Crippen molar-refractivity contribution in [3.63, 3.8) is 0 Å². The lowest BCUT2D eigenvalue weighted by atomic mass is 10.1. The van der Waals surface area contributed by atoms with Crippen molar-refractivity contribution in [2.45, 2.75) is 0 Å². The summed E-state index contributed by atoms with van der Waals surface area (Å²) in [4.78, 5) is 24.3. The van der Waals surface area contributed by atoms with Gasteiger partial charge in [-0.05, 0) is 30.3 Å². The number of esters is 1. The molecule has 0 saturated carbocycles. The van der Waals surface area contributed by atoms with Crippen LogP contribution in [0.4, 0.5) is 5.00 Å². The smallest absolute Gasteiger partial charge is 0.341 e. The van der Waals surface area contributed by atoms with E-state index in [1.807, 2.05) is 24.3 Å². The van der Waals surface area contributed by atoms with E-state index < -0.39 is 5.97 Å². The average Bonchev–Trinajstić information content (AvgIpc) is 2.98. The fourth-order valence-corrected chi connectivity index (χ4v) is 3.51. The number of benzene rings is 2. The number of nitrogens with one attached hydrogen (secondary N) is 1. The maximum atomic E-state index is 12.2. The zero-order valence-corrected chi connectivity index (χ0v) is 14.8.